The van der Waals surface area contributed by atoms with Crippen molar-refractivity contribution in [2.45, 2.75) is 19.5 Å². The number of hydrogen-bond donors (Lipinski definition) is 0. The Bertz CT molecular complexity index is 490. The van der Waals surface area contributed by atoms with Crippen LogP contribution in [0.4, 0.5) is 22.0 Å². The highest BCUT2D eigenvalue weighted by Gasteiger charge is 2.40. The SMILES string of the molecule is CCOC(=O)c1cnc(C(F)F)c(C(F)(F)F)c1Br. The van der Waals surface area contributed by atoms with Crippen molar-refractivity contribution in [1.29, 1.82) is 0 Å². The molecule has 0 saturated heterocycles. The van der Waals surface area contributed by atoms with Gasteiger partial charge in [-0.2, -0.15) is 13.2 Å². The van der Waals surface area contributed by atoms with Crippen LogP contribution >= 0.6 is 15.9 Å². The van der Waals surface area contributed by atoms with Crippen molar-refractivity contribution in [1.82, 2.24) is 4.98 Å². The standard InChI is InChI=1S/C10H7BrF5NO2/c1-2-19-9(18)4-3-17-7(8(12)13)5(6(4)11)10(14,15)16/h3,8H,2H2,1H3. The zero-order valence-electron chi connectivity index (χ0n) is 9.39. The van der Waals surface area contributed by atoms with Gasteiger partial charge in [-0.25, -0.2) is 13.6 Å². The molecule has 0 bridgehead atoms. The molecule has 0 fully saturated rings. The predicted octanol–water partition coefficient (Wildman–Crippen LogP) is 3.98. The van der Waals surface area contributed by atoms with E-state index in [1.807, 2.05) is 0 Å². The van der Waals surface area contributed by atoms with Crippen LogP contribution in [0.5, 0.6) is 0 Å². The highest BCUT2D eigenvalue weighted by atomic mass is 79.9. The smallest absolute Gasteiger partial charge is 0.419 e. The summed E-state index contributed by atoms with van der Waals surface area (Å²) in [6.45, 7) is 1.39. The summed E-state index contributed by atoms with van der Waals surface area (Å²) in [5, 5.41) is 0. The molecule has 1 heterocycles. The third-order valence-electron chi connectivity index (χ3n) is 2.03. The summed E-state index contributed by atoms with van der Waals surface area (Å²) in [4.78, 5) is 14.4. The number of halogens is 6. The highest BCUT2D eigenvalue weighted by Crippen LogP contribution is 2.41. The molecule has 0 aliphatic carbocycles. The molecule has 0 aliphatic rings. The van der Waals surface area contributed by atoms with Gasteiger partial charge in [-0.05, 0) is 22.9 Å². The number of pyridine rings is 1. The normalized spacial score (nSPS) is 11.8. The van der Waals surface area contributed by atoms with Crippen molar-refractivity contribution in [3.8, 4) is 0 Å². The fourth-order valence-electron chi connectivity index (χ4n) is 1.29. The molecule has 0 unspecified atom stereocenters. The zero-order chi connectivity index (χ0) is 14.8. The van der Waals surface area contributed by atoms with E-state index >= 15 is 0 Å². The third-order valence-corrected chi connectivity index (χ3v) is 2.85. The average Bonchev–Trinajstić information content (AvgIpc) is 2.26. The fraction of sp³-hybridized carbons (Fsp3) is 0.400. The third kappa shape index (κ3) is 3.40. The first-order chi connectivity index (χ1) is 8.70. The fourth-order valence-corrected chi connectivity index (χ4v) is 1.98. The summed E-state index contributed by atoms with van der Waals surface area (Å²) in [7, 11) is 0. The Morgan fingerprint density at radius 2 is 2.05 bits per heavy atom. The van der Waals surface area contributed by atoms with Gasteiger partial charge in [0, 0.05) is 10.7 Å². The Morgan fingerprint density at radius 1 is 1.47 bits per heavy atom. The molecule has 106 valence electrons. The van der Waals surface area contributed by atoms with Crippen molar-refractivity contribution in [3.05, 3.63) is 27.5 Å². The number of alkyl halides is 5. The van der Waals surface area contributed by atoms with Gasteiger partial charge < -0.3 is 4.74 Å². The molecule has 0 N–H and O–H groups in total. The van der Waals surface area contributed by atoms with Crippen molar-refractivity contribution < 1.29 is 31.5 Å². The average molecular weight is 348 g/mol. The summed E-state index contributed by atoms with van der Waals surface area (Å²) in [6, 6.07) is 0. The Balaban J connectivity index is 3.47. The van der Waals surface area contributed by atoms with E-state index in [0.29, 0.717) is 6.20 Å². The maximum absolute atomic E-state index is 12.7. The number of esters is 1. The number of nitrogens with zero attached hydrogens (tertiary/aromatic N) is 1. The van der Waals surface area contributed by atoms with E-state index in [1.165, 1.54) is 6.92 Å². The van der Waals surface area contributed by atoms with Gasteiger partial charge in [0.05, 0.1) is 17.7 Å². The summed E-state index contributed by atoms with van der Waals surface area (Å²) in [5.41, 5.74) is -3.67. The van der Waals surface area contributed by atoms with E-state index in [1.54, 1.807) is 0 Å². The highest BCUT2D eigenvalue weighted by molar-refractivity contribution is 9.10. The second-order valence-corrected chi connectivity index (χ2v) is 4.06. The molecule has 0 radical (unpaired) electrons. The minimum atomic E-state index is -5.07. The lowest BCUT2D eigenvalue weighted by molar-refractivity contribution is -0.140. The topological polar surface area (TPSA) is 39.2 Å². The first kappa shape index (κ1) is 15.8. The minimum Gasteiger partial charge on any atom is -0.462 e. The molecule has 0 spiro atoms. The van der Waals surface area contributed by atoms with E-state index in [-0.39, 0.29) is 6.61 Å². The van der Waals surface area contributed by atoms with Crippen molar-refractivity contribution in [2.75, 3.05) is 6.61 Å². The van der Waals surface area contributed by atoms with Gasteiger partial charge in [0.15, 0.2) is 0 Å². The van der Waals surface area contributed by atoms with Crippen LogP contribution in [0.2, 0.25) is 0 Å². The van der Waals surface area contributed by atoms with E-state index in [4.69, 9.17) is 0 Å². The molecule has 19 heavy (non-hydrogen) atoms. The molecule has 0 aromatic carbocycles. The van der Waals surface area contributed by atoms with Gasteiger partial charge in [0.25, 0.3) is 6.43 Å². The number of aromatic nitrogens is 1. The van der Waals surface area contributed by atoms with Gasteiger partial charge in [-0.1, -0.05) is 0 Å². The Morgan fingerprint density at radius 3 is 2.47 bits per heavy atom. The Labute approximate surface area is 112 Å². The number of hydrogen-bond acceptors (Lipinski definition) is 3. The molecule has 0 aliphatic heterocycles. The summed E-state index contributed by atoms with van der Waals surface area (Å²) in [6.07, 6.45) is -7.86. The monoisotopic (exact) mass is 347 g/mol. The molecule has 0 amide bonds. The molecular formula is C10H7BrF5NO2. The Hall–Kier alpha value is -1.25. The van der Waals surface area contributed by atoms with Gasteiger partial charge in [0.2, 0.25) is 0 Å². The lowest BCUT2D eigenvalue weighted by atomic mass is 10.1. The van der Waals surface area contributed by atoms with Crippen LogP contribution in [0.25, 0.3) is 0 Å². The molecule has 3 nitrogen and oxygen atoms in total. The number of rotatable bonds is 3. The van der Waals surface area contributed by atoms with Crippen LogP contribution in [0.1, 0.15) is 35.0 Å². The van der Waals surface area contributed by atoms with E-state index in [2.05, 4.69) is 25.7 Å². The quantitative estimate of drug-likeness (QED) is 0.613. The van der Waals surface area contributed by atoms with E-state index in [9.17, 15) is 26.7 Å². The largest absolute Gasteiger partial charge is 0.462 e. The van der Waals surface area contributed by atoms with Crippen molar-refractivity contribution in [2.24, 2.45) is 0 Å². The first-order valence-electron chi connectivity index (χ1n) is 4.91. The van der Waals surface area contributed by atoms with E-state index in [0.717, 1.165) is 0 Å². The second-order valence-electron chi connectivity index (χ2n) is 3.27. The summed E-state index contributed by atoms with van der Waals surface area (Å²) >= 11 is 2.51. The number of carbonyl (C=O) groups is 1. The van der Waals surface area contributed by atoms with Crippen molar-refractivity contribution >= 4 is 21.9 Å². The molecular weight excluding hydrogens is 341 g/mol. The van der Waals surface area contributed by atoms with Crippen LogP contribution in [0, 0.1) is 0 Å². The maximum atomic E-state index is 12.7. The van der Waals surface area contributed by atoms with Gasteiger partial charge >= 0.3 is 12.1 Å². The maximum Gasteiger partial charge on any atom is 0.419 e. The van der Waals surface area contributed by atoms with Gasteiger partial charge in [-0.3, -0.25) is 4.98 Å². The number of carbonyl (C=O) groups excluding carboxylic acids is 1. The molecule has 0 saturated carbocycles. The molecule has 0 atom stereocenters. The van der Waals surface area contributed by atoms with Crippen LogP contribution < -0.4 is 0 Å². The molecule has 1 aromatic rings. The predicted molar refractivity (Wildman–Crippen MR) is 57.9 cm³/mol. The summed E-state index contributed by atoms with van der Waals surface area (Å²) in [5.74, 6) is -1.08. The lowest BCUT2D eigenvalue weighted by Gasteiger charge is -2.15. The van der Waals surface area contributed by atoms with Crippen LogP contribution in [0.15, 0.2) is 10.7 Å². The van der Waals surface area contributed by atoms with Crippen molar-refractivity contribution in [3.63, 3.8) is 0 Å². The van der Waals surface area contributed by atoms with Gasteiger partial charge in [-0.15, -0.1) is 0 Å². The van der Waals surface area contributed by atoms with Crippen LogP contribution in [-0.4, -0.2) is 17.6 Å². The second kappa shape index (κ2) is 5.81. The van der Waals surface area contributed by atoms with Crippen LogP contribution in [0.3, 0.4) is 0 Å². The minimum absolute atomic E-state index is 0.0662. The molecule has 1 aromatic heterocycles. The lowest BCUT2D eigenvalue weighted by Crippen LogP contribution is -2.16. The van der Waals surface area contributed by atoms with E-state index < -0.39 is 39.9 Å². The first-order valence-corrected chi connectivity index (χ1v) is 5.70. The molecule has 1 rings (SSSR count). The number of ether oxygens (including phenoxy) is 1. The summed E-state index contributed by atoms with van der Waals surface area (Å²) < 4.78 is 67.0. The molecule has 9 heteroatoms. The Kier molecular flexibility index (Phi) is 4.83. The zero-order valence-corrected chi connectivity index (χ0v) is 11.0. The van der Waals surface area contributed by atoms with Gasteiger partial charge in [0.1, 0.15) is 5.69 Å². The van der Waals surface area contributed by atoms with Crippen LogP contribution in [-0.2, 0) is 10.9 Å².